The Morgan fingerprint density at radius 2 is 2.11 bits per heavy atom. The van der Waals surface area contributed by atoms with Gasteiger partial charge in [0.15, 0.2) is 0 Å². The van der Waals surface area contributed by atoms with E-state index in [1.165, 1.54) is 0 Å². The Bertz CT molecular complexity index is 544. The van der Waals surface area contributed by atoms with Crippen LogP contribution in [0.15, 0.2) is 18.2 Å². The van der Waals surface area contributed by atoms with Crippen LogP contribution in [0.4, 0.5) is 18.9 Å². The highest BCUT2D eigenvalue weighted by Gasteiger charge is 2.26. The van der Waals surface area contributed by atoms with Gasteiger partial charge in [0.2, 0.25) is 11.6 Å². The molecule has 0 atom stereocenters. The maximum Gasteiger partial charge on any atom is 0.387 e. The first-order chi connectivity index (χ1) is 8.82. The summed E-state index contributed by atoms with van der Waals surface area (Å²) < 4.78 is 41.5. The van der Waals surface area contributed by atoms with Gasteiger partial charge in [-0.1, -0.05) is 0 Å². The third-order valence-electron chi connectivity index (χ3n) is 1.91. The Kier molecular flexibility index (Phi) is 4.46. The maximum atomic E-state index is 13.7. The highest BCUT2D eigenvalue weighted by atomic mass is 19.3. The topological polar surface area (TPSA) is 89.7 Å². The van der Waals surface area contributed by atoms with E-state index in [-0.39, 0.29) is 0 Å². The van der Waals surface area contributed by atoms with Gasteiger partial charge in [-0.2, -0.15) is 13.2 Å². The molecule has 0 aliphatic heterocycles. The molecule has 0 aliphatic rings. The zero-order valence-corrected chi connectivity index (χ0v) is 9.05. The molecule has 1 N–H and O–H groups in total. The summed E-state index contributed by atoms with van der Waals surface area (Å²) in [6, 6.07) is 1.65. The summed E-state index contributed by atoms with van der Waals surface area (Å²) >= 11 is 0. The average Bonchev–Trinajstić information content (AvgIpc) is 2.26. The number of ether oxygens (including phenoxy) is 1. The number of aliphatic carboxylic acids is 1. The molecule has 0 spiro atoms. The Labute approximate surface area is 103 Å². The molecule has 19 heavy (non-hydrogen) atoms. The van der Waals surface area contributed by atoms with E-state index >= 15 is 0 Å². The van der Waals surface area contributed by atoms with Gasteiger partial charge in [-0.05, 0) is 18.2 Å². The third-order valence-corrected chi connectivity index (χ3v) is 1.91. The van der Waals surface area contributed by atoms with E-state index in [0.717, 1.165) is 18.2 Å². The number of nitro benzene ring substituents is 1. The summed E-state index contributed by atoms with van der Waals surface area (Å²) in [5, 5.41) is 19.0. The van der Waals surface area contributed by atoms with Gasteiger partial charge in [-0.3, -0.25) is 10.1 Å². The van der Waals surface area contributed by atoms with Gasteiger partial charge < -0.3 is 9.84 Å². The van der Waals surface area contributed by atoms with E-state index < -0.39 is 40.3 Å². The van der Waals surface area contributed by atoms with E-state index in [4.69, 9.17) is 5.11 Å². The molecular weight excluding hydrogens is 271 g/mol. The monoisotopic (exact) mass is 277 g/mol. The Hall–Kier alpha value is -2.58. The van der Waals surface area contributed by atoms with E-state index in [0.29, 0.717) is 6.08 Å². The van der Waals surface area contributed by atoms with Gasteiger partial charge >= 0.3 is 18.3 Å². The van der Waals surface area contributed by atoms with E-state index in [1.54, 1.807) is 0 Å². The van der Waals surface area contributed by atoms with Crippen LogP contribution in [0.5, 0.6) is 5.75 Å². The molecule has 0 heterocycles. The third kappa shape index (κ3) is 3.69. The van der Waals surface area contributed by atoms with Gasteiger partial charge in [-0.25, -0.2) is 4.79 Å². The molecule has 0 saturated heterocycles. The van der Waals surface area contributed by atoms with Crippen LogP contribution in [0, 0.1) is 15.9 Å². The van der Waals surface area contributed by atoms with Crippen molar-refractivity contribution < 1.29 is 32.7 Å². The fourth-order valence-corrected chi connectivity index (χ4v) is 1.21. The predicted molar refractivity (Wildman–Crippen MR) is 56.4 cm³/mol. The second-order valence-corrected chi connectivity index (χ2v) is 3.12. The number of benzene rings is 1. The molecule has 6 nitrogen and oxygen atoms in total. The van der Waals surface area contributed by atoms with Crippen LogP contribution in [0.2, 0.25) is 0 Å². The molecule has 0 fully saturated rings. The number of hydrogen-bond donors (Lipinski definition) is 1. The van der Waals surface area contributed by atoms with Crippen molar-refractivity contribution in [2.24, 2.45) is 0 Å². The first kappa shape index (κ1) is 14.5. The molecule has 0 aromatic heterocycles. The number of carboxylic acid groups (broad SMARTS) is 1. The van der Waals surface area contributed by atoms with Crippen molar-refractivity contribution >= 4 is 17.7 Å². The average molecular weight is 277 g/mol. The molecule has 0 bridgehead atoms. The van der Waals surface area contributed by atoms with Gasteiger partial charge in [0.1, 0.15) is 0 Å². The fourth-order valence-electron chi connectivity index (χ4n) is 1.21. The minimum Gasteiger partial charge on any atom is -0.478 e. The molecule has 1 aromatic rings. The molecule has 1 aromatic carbocycles. The molecule has 9 heteroatoms. The van der Waals surface area contributed by atoms with Crippen LogP contribution in [0.25, 0.3) is 6.08 Å². The zero-order valence-electron chi connectivity index (χ0n) is 9.05. The number of hydrogen-bond acceptors (Lipinski definition) is 4. The van der Waals surface area contributed by atoms with Gasteiger partial charge in [0, 0.05) is 11.6 Å². The molecule has 0 unspecified atom stereocenters. The Morgan fingerprint density at radius 1 is 1.47 bits per heavy atom. The Morgan fingerprint density at radius 3 is 2.58 bits per heavy atom. The number of halogens is 3. The highest BCUT2D eigenvalue weighted by Crippen LogP contribution is 2.33. The summed E-state index contributed by atoms with van der Waals surface area (Å²) in [6.45, 7) is -3.35. The summed E-state index contributed by atoms with van der Waals surface area (Å²) in [6.07, 6.45) is 1.31. The number of carbonyl (C=O) groups is 1. The predicted octanol–water partition coefficient (Wildman–Crippen LogP) is 2.43. The van der Waals surface area contributed by atoms with Crippen molar-refractivity contribution in [2.75, 3.05) is 0 Å². The van der Waals surface area contributed by atoms with Crippen molar-refractivity contribution in [2.45, 2.75) is 6.61 Å². The first-order valence-electron chi connectivity index (χ1n) is 4.65. The molecular formula is C10H6F3NO5. The number of rotatable bonds is 5. The van der Waals surface area contributed by atoms with Crippen LogP contribution >= 0.6 is 0 Å². The molecule has 1 rings (SSSR count). The minimum absolute atomic E-state index is 0.435. The lowest BCUT2D eigenvalue weighted by molar-refractivity contribution is -0.389. The van der Waals surface area contributed by atoms with Crippen molar-refractivity contribution in [3.05, 3.63) is 39.7 Å². The lowest BCUT2D eigenvalue weighted by Crippen LogP contribution is -2.06. The van der Waals surface area contributed by atoms with Gasteiger partial charge in [-0.15, -0.1) is 0 Å². The van der Waals surface area contributed by atoms with Crippen molar-refractivity contribution in [1.82, 2.24) is 0 Å². The van der Waals surface area contributed by atoms with Gasteiger partial charge in [0.05, 0.1) is 4.92 Å². The summed E-state index contributed by atoms with van der Waals surface area (Å²) in [7, 11) is 0. The van der Waals surface area contributed by atoms with Crippen LogP contribution < -0.4 is 4.74 Å². The Balaban J connectivity index is 3.30. The van der Waals surface area contributed by atoms with Gasteiger partial charge in [0.25, 0.3) is 0 Å². The van der Waals surface area contributed by atoms with Crippen LogP contribution in [0.3, 0.4) is 0 Å². The van der Waals surface area contributed by atoms with Crippen molar-refractivity contribution in [3.8, 4) is 5.75 Å². The number of carboxylic acids is 1. The van der Waals surface area contributed by atoms with Crippen LogP contribution in [0.1, 0.15) is 5.56 Å². The van der Waals surface area contributed by atoms with E-state index in [9.17, 15) is 28.1 Å². The van der Waals surface area contributed by atoms with Crippen LogP contribution in [-0.2, 0) is 4.79 Å². The normalized spacial score (nSPS) is 10.9. The second kappa shape index (κ2) is 5.85. The molecule has 0 radical (unpaired) electrons. The smallest absolute Gasteiger partial charge is 0.387 e. The second-order valence-electron chi connectivity index (χ2n) is 3.12. The number of nitro groups is 1. The number of nitrogens with zero attached hydrogens (tertiary/aromatic N) is 1. The summed E-state index contributed by atoms with van der Waals surface area (Å²) in [5.74, 6) is -3.79. The first-order valence-corrected chi connectivity index (χ1v) is 4.65. The van der Waals surface area contributed by atoms with Crippen molar-refractivity contribution in [3.63, 3.8) is 0 Å². The quantitative estimate of drug-likeness (QED) is 0.507. The summed E-state index contributed by atoms with van der Waals surface area (Å²) in [4.78, 5) is 19.6. The highest BCUT2D eigenvalue weighted by molar-refractivity contribution is 5.85. The molecule has 0 aliphatic carbocycles. The number of alkyl halides is 2. The maximum absolute atomic E-state index is 13.7. The van der Waals surface area contributed by atoms with E-state index in [2.05, 4.69) is 4.74 Å². The molecule has 102 valence electrons. The standard InChI is InChI=1S/C10H6F3NO5/c11-8-5(2-4-7(15)16)1-3-6(19-10(12)13)9(8)14(17)18/h1-4,10H,(H,15,16)/b4-2+. The molecule has 0 saturated carbocycles. The zero-order chi connectivity index (χ0) is 14.6. The lowest BCUT2D eigenvalue weighted by atomic mass is 10.1. The minimum atomic E-state index is -3.35. The van der Waals surface area contributed by atoms with Crippen LogP contribution in [-0.4, -0.2) is 22.6 Å². The fraction of sp³-hybridized carbons (Fsp3) is 0.100. The van der Waals surface area contributed by atoms with E-state index in [1.807, 2.05) is 0 Å². The lowest BCUT2D eigenvalue weighted by Gasteiger charge is -2.06. The largest absolute Gasteiger partial charge is 0.478 e. The summed E-state index contributed by atoms with van der Waals surface area (Å²) in [5.41, 5.74) is -1.72. The molecule has 0 amide bonds. The van der Waals surface area contributed by atoms with Crippen molar-refractivity contribution in [1.29, 1.82) is 0 Å². The SMILES string of the molecule is O=C(O)/C=C/c1ccc(OC(F)F)c([N+](=O)[O-])c1F.